The summed E-state index contributed by atoms with van der Waals surface area (Å²) in [6, 6.07) is 12.6. The van der Waals surface area contributed by atoms with Crippen LogP contribution in [0.2, 0.25) is 5.02 Å². The van der Waals surface area contributed by atoms with Crippen LogP contribution in [-0.4, -0.2) is 15.5 Å². The lowest BCUT2D eigenvalue weighted by Crippen LogP contribution is -2.26. The molecule has 0 bridgehead atoms. The van der Waals surface area contributed by atoms with Gasteiger partial charge in [-0.15, -0.1) is 0 Å². The highest BCUT2D eigenvalue weighted by Crippen LogP contribution is 2.22. The number of halogens is 1. The molecule has 0 aliphatic carbocycles. The number of hydrogen-bond acceptors (Lipinski definition) is 2. The third-order valence-electron chi connectivity index (χ3n) is 3.53. The van der Waals surface area contributed by atoms with Crippen molar-refractivity contribution in [1.29, 1.82) is 0 Å². The van der Waals surface area contributed by atoms with Crippen molar-refractivity contribution in [3.8, 4) is 0 Å². The van der Waals surface area contributed by atoms with E-state index in [0.29, 0.717) is 21.7 Å². The van der Waals surface area contributed by atoms with E-state index < -0.39 is 0 Å². The molecule has 0 aliphatic heterocycles. The number of carbonyl (C=O) groups is 1. The van der Waals surface area contributed by atoms with Crippen LogP contribution in [0, 0.1) is 6.92 Å². The van der Waals surface area contributed by atoms with Crippen LogP contribution in [0.4, 0.5) is 5.69 Å². The number of fused-ring (bicyclic) bond motifs is 1. The van der Waals surface area contributed by atoms with Crippen molar-refractivity contribution >= 4 is 34.2 Å². The molecule has 6 heteroatoms. The lowest BCUT2D eigenvalue weighted by molar-refractivity contribution is -0.116. The fraction of sp³-hybridized carbons (Fsp3) is 0.125. The maximum atomic E-state index is 12.2. The Balaban J connectivity index is 1.86. The molecule has 1 aromatic heterocycles. The summed E-state index contributed by atoms with van der Waals surface area (Å²) in [5, 5.41) is 3.37. The average molecular weight is 316 g/mol. The normalized spacial score (nSPS) is 10.8. The molecule has 1 heterocycles. The Labute approximate surface area is 131 Å². The molecular formula is C16H14ClN3O2. The van der Waals surface area contributed by atoms with Crippen molar-refractivity contribution in [3.63, 3.8) is 0 Å². The maximum Gasteiger partial charge on any atom is 0.326 e. The monoisotopic (exact) mass is 315 g/mol. The van der Waals surface area contributed by atoms with E-state index in [0.717, 1.165) is 5.56 Å². The molecule has 3 rings (SSSR count). The Morgan fingerprint density at radius 3 is 2.82 bits per heavy atom. The van der Waals surface area contributed by atoms with Crippen LogP contribution in [0.1, 0.15) is 5.56 Å². The molecule has 0 radical (unpaired) electrons. The van der Waals surface area contributed by atoms with E-state index in [-0.39, 0.29) is 18.1 Å². The first-order chi connectivity index (χ1) is 10.6. The summed E-state index contributed by atoms with van der Waals surface area (Å²) in [4.78, 5) is 26.9. The Hall–Kier alpha value is -2.53. The molecule has 0 spiro atoms. The Morgan fingerprint density at radius 1 is 1.23 bits per heavy atom. The van der Waals surface area contributed by atoms with Gasteiger partial charge in [0.15, 0.2) is 0 Å². The topological polar surface area (TPSA) is 66.9 Å². The van der Waals surface area contributed by atoms with Crippen LogP contribution >= 0.6 is 11.6 Å². The van der Waals surface area contributed by atoms with Gasteiger partial charge in [-0.3, -0.25) is 9.36 Å². The number of amides is 1. The Bertz CT molecular complexity index is 911. The summed E-state index contributed by atoms with van der Waals surface area (Å²) in [6.45, 7) is 1.77. The SMILES string of the molecule is Cc1c(Cl)cccc1NC(=O)Cn1c(=O)[nH]c2ccccc21. The summed E-state index contributed by atoms with van der Waals surface area (Å²) in [6.07, 6.45) is 0. The largest absolute Gasteiger partial charge is 0.326 e. The zero-order chi connectivity index (χ0) is 15.7. The van der Waals surface area contributed by atoms with Crippen molar-refractivity contribution in [2.75, 3.05) is 5.32 Å². The first kappa shape index (κ1) is 14.4. The number of H-pyrrole nitrogens is 1. The van der Waals surface area contributed by atoms with E-state index in [9.17, 15) is 9.59 Å². The fourth-order valence-electron chi connectivity index (χ4n) is 2.34. The first-order valence-electron chi connectivity index (χ1n) is 6.79. The van der Waals surface area contributed by atoms with Gasteiger partial charge in [-0.05, 0) is 36.8 Å². The average Bonchev–Trinajstić information content (AvgIpc) is 2.80. The van der Waals surface area contributed by atoms with Gasteiger partial charge in [-0.2, -0.15) is 0 Å². The molecule has 3 aromatic rings. The number of para-hydroxylation sites is 2. The molecule has 0 saturated carbocycles. The van der Waals surface area contributed by atoms with Crippen LogP contribution in [0.15, 0.2) is 47.3 Å². The summed E-state index contributed by atoms with van der Waals surface area (Å²) in [5.41, 5.74) is 2.54. The van der Waals surface area contributed by atoms with Gasteiger partial charge in [-0.25, -0.2) is 4.79 Å². The van der Waals surface area contributed by atoms with Gasteiger partial charge < -0.3 is 10.3 Å². The molecular weight excluding hydrogens is 302 g/mol. The third kappa shape index (κ3) is 2.63. The van der Waals surface area contributed by atoms with Crippen molar-refractivity contribution in [2.24, 2.45) is 0 Å². The van der Waals surface area contributed by atoms with Crippen LogP contribution in [0.3, 0.4) is 0 Å². The zero-order valence-electron chi connectivity index (χ0n) is 11.9. The number of benzene rings is 2. The summed E-state index contributed by atoms with van der Waals surface area (Å²) in [7, 11) is 0. The Kier molecular flexibility index (Phi) is 3.73. The van der Waals surface area contributed by atoms with Gasteiger partial charge in [0.25, 0.3) is 0 Å². The van der Waals surface area contributed by atoms with Crippen LogP contribution in [-0.2, 0) is 11.3 Å². The van der Waals surface area contributed by atoms with Crippen molar-refractivity contribution in [1.82, 2.24) is 9.55 Å². The van der Waals surface area contributed by atoms with Gasteiger partial charge in [0, 0.05) is 10.7 Å². The van der Waals surface area contributed by atoms with E-state index in [1.807, 2.05) is 19.1 Å². The highest BCUT2D eigenvalue weighted by molar-refractivity contribution is 6.31. The number of nitrogens with one attached hydrogen (secondary N) is 2. The molecule has 0 unspecified atom stereocenters. The molecule has 2 aromatic carbocycles. The number of hydrogen-bond donors (Lipinski definition) is 2. The second-order valence-electron chi connectivity index (χ2n) is 4.99. The molecule has 0 atom stereocenters. The van der Waals surface area contributed by atoms with Crippen molar-refractivity contribution < 1.29 is 4.79 Å². The number of nitrogens with zero attached hydrogens (tertiary/aromatic N) is 1. The van der Waals surface area contributed by atoms with Crippen LogP contribution in [0.5, 0.6) is 0 Å². The van der Waals surface area contributed by atoms with E-state index in [2.05, 4.69) is 10.3 Å². The number of aromatic nitrogens is 2. The molecule has 0 fully saturated rings. The third-order valence-corrected chi connectivity index (χ3v) is 3.93. The van der Waals surface area contributed by atoms with Gasteiger partial charge >= 0.3 is 5.69 Å². The highest BCUT2D eigenvalue weighted by Gasteiger charge is 2.11. The highest BCUT2D eigenvalue weighted by atomic mass is 35.5. The van der Waals surface area contributed by atoms with Gasteiger partial charge in [0.1, 0.15) is 6.54 Å². The second kappa shape index (κ2) is 5.69. The minimum Gasteiger partial charge on any atom is -0.324 e. The van der Waals surface area contributed by atoms with Crippen LogP contribution in [0.25, 0.3) is 11.0 Å². The standard InChI is InChI=1S/C16H14ClN3O2/c1-10-11(17)5-4-7-12(10)18-15(21)9-20-14-8-3-2-6-13(14)19-16(20)22/h2-8H,9H2,1H3,(H,18,21)(H,19,22). The lowest BCUT2D eigenvalue weighted by atomic mass is 10.2. The first-order valence-corrected chi connectivity index (χ1v) is 7.16. The zero-order valence-corrected chi connectivity index (χ0v) is 12.6. The minimum absolute atomic E-state index is 0.0607. The lowest BCUT2D eigenvalue weighted by Gasteiger charge is -2.10. The predicted molar refractivity (Wildman–Crippen MR) is 87.4 cm³/mol. The Morgan fingerprint density at radius 2 is 2.00 bits per heavy atom. The number of imidazole rings is 1. The minimum atomic E-state index is -0.306. The molecule has 22 heavy (non-hydrogen) atoms. The molecule has 2 N–H and O–H groups in total. The summed E-state index contributed by atoms with van der Waals surface area (Å²) < 4.78 is 1.41. The maximum absolute atomic E-state index is 12.2. The number of carbonyl (C=O) groups excluding carboxylic acids is 1. The molecule has 5 nitrogen and oxygen atoms in total. The number of aromatic amines is 1. The summed E-state index contributed by atoms with van der Waals surface area (Å²) >= 11 is 6.03. The molecule has 1 amide bonds. The van der Waals surface area contributed by atoms with Crippen molar-refractivity contribution in [2.45, 2.75) is 13.5 Å². The fourth-order valence-corrected chi connectivity index (χ4v) is 2.51. The van der Waals surface area contributed by atoms with E-state index in [1.54, 1.807) is 30.3 Å². The molecule has 0 saturated heterocycles. The van der Waals surface area contributed by atoms with Gasteiger partial charge in [0.2, 0.25) is 5.91 Å². The van der Waals surface area contributed by atoms with Gasteiger partial charge in [0.05, 0.1) is 11.0 Å². The van der Waals surface area contributed by atoms with E-state index >= 15 is 0 Å². The van der Waals surface area contributed by atoms with Crippen LogP contribution < -0.4 is 11.0 Å². The quantitative estimate of drug-likeness (QED) is 0.780. The molecule has 112 valence electrons. The van der Waals surface area contributed by atoms with E-state index in [4.69, 9.17) is 11.6 Å². The molecule has 0 aliphatic rings. The number of rotatable bonds is 3. The van der Waals surface area contributed by atoms with Crippen molar-refractivity contribution in [3.05, 3.63) is 63.5 Å². The second-order valence-corrected chi connectivity index (χ2v) is 5.40. The summed E-state index contributed by atoms with van der Waals surface area (Å²) in [5.74, 6) is -0.280. The van der Waals surface area contributed by atoms with E-state index in [1.165, 1.54) is 4.57 Å². The number of anilines is 1. The smallest absolute Gasteiger partial charge is 0.324 e. The predicted octanol–water partition coefficient (Wildman–Crippen LogP) is 2.93. The van der Waals surface area contributed by atoms with Gasteiger partial charge in [-0.1, -0.05) is 29.8 Å².